The Morgan fingerprint density at radius 1 is 1.35 bits per heavy atom. The number of hydrogen-bond donors (Lipinski definition) is 0. The topological polar surface area (TPSA) is 36.4 Å². The van der Waals surface area contributed by atoms with Gasteiger partial charge in [0.15, 0.2) is 0 Å². The summed E-state index contributed by atoms with van der Waals surface area (Å²) < 4.78 is 0.704. The molecule has 1 aromatic heterocycles. The molecule has 5 heteroatoms. The Hall–Kier alpha value is -0.940. The molecule has 1 aliphatic heterocycles. The molecule has 0 spiro atoms. The molecule has 0 saturated carbocycles. The van der Waals surface area contributed by atoms with Gasteiger partial charge in [0, 0.05) is 31.4 Å². The predicted octanol–water partition coefficient (Wildman–Crippen LogP) is 1.62. The van der Waals surface area contributed by atoms with E-state index in [0.29, 0.717) is 10.2 Å². The third-order valence-corrected chi connectivity index (χ3v) is 3.41. The zero-order valence-electron chi connectivity index (χ0n) is 9.90. The average molecular weight is 298 g/mol. The van der Waals surface area contributed by atoms with Crippen LogP contribution in [-0.4, -0.2) is 53.9 Å². The molecule has 17 heavy (non-hydrogen) atoms. The van der Waals surface area contributed by atoms with Crippen LogP contribution in [0.25, 0.3) is 0 Å². The molecule has 0 radical (unpaired) electrons. The molecule has 0 atom stereocenters. The van der Waals surface area contributed by atoms with Gasteiger partial charge in [-0.3, -0.25) is 4.79 Å². The number of rotatable bonds is 1. The van der Waals surface area contributed by atoms with E-state index in [1.54, 1.807) is 18.3 Å². The van der Waals surface area contributed by atoms with Crippen LogP contribution in [0.2, 0.25) is 0 Å². The second kappa shape index (κ2) is 5.60. The molecule has 0 aromatic carbocycles. The smallest absolute Gasteiger partial charge is 0.254 e. The molecule has 1 aromatic rings. The van der Waals surface area contributed by atoms with Crippen LogP contribution in [0.5, 0.6) is 0 Å². The molecular formula is C12H16BrN3O. The van der Waals surface area contributed by atoms with Crippen molar-refractivity contribution in [1.82, 2.24) is 14.8 Å². The van der Waals surface area contributed by atoms with E-state index in [4.69, 9.17) is 0 Å². The second-order valence-corrected chi connectivity index (χ2v) is 5.13. The fraction of sp³-hybridized carbons (Fsp3) is 0.500. The summed E-state index contributed by atoms with van der Waals surface area (Å²) in [7, 11) is 2.09. The highest BCUT2D eigenvalue weighted by Gasteiger charge is 2.18. The SMILES string of the molecule is CN1CCCN(C(=O)c2ccnc(Br)c2)CC1. The summed E-state index contributed by atoms with van der Waals surface area (Å²) >= 11 is 3.29. The molecule has 1 fully saturated rings. The van der Waals surface area contributed by atoms with Gasteiger partial charge in [0.2, 0.25) is 0 Å². The van der Waals surface area contributed by atoms with E-state index >= 15 is 0 Å². The third-order valence-electron chi connectivity index (χ3n) is 2.98. The molecule has 1 amide bonds. The molecule has 0 bridgehead atoms. The van der Waals surface area contributed by atoms with Crippen molar-refractivity contribution in [2.45, 2.75) is 6.42 Å². The minimum atomic E-state index is 0.100. The van der Waals surface area contributed by atoms with Crippen LogP contribution >= 0.6 is 15.9 Å². The Kier molecular flexibility index (Phi) is 4.12. The van der Waals surface area contributed by atoms with Crippen LogP contribution in [-0.2, 0) is 0 Å². The van der Waals surface area contributed by atoms with E-state index in [2.05, 4.69) is 32.9 Å². The maximum Gasteiger partial charge on any atom is 0.254 e. The van der Waals surface area contributed by atoms with Gasteiger partial charge in [-0.15, -0.1) is 0 Å². The number of hydrogen-bond acceptors (Lipinski definition) is 3. The largest absolute Gasteiger partial charge is 0.337 e. The van der Waals surface area contributed by atoms with E-state index in [9.17, 15) is 4.79 Å². The minimum Gasteiger partial charge on any atom is -0.337 e. The van der Waals surface area contributed by atoms with Gasteiger partial charge in [-0.05, 0) is 48.1 Å². The lowest BCUT2D eigenvalue weighted by Gasteiger charge is -2.20. The Labute approximate surface area is 110 Å². The molecular weight excluding hydrogens is 282 g/mol. The Morgan fingerprint density at radius 2 is 2.18 bits per heavy atom. The van der Waals surface area contributed by atoms with Gasteiger partial charge in [0.1, 0.15) is 4.60 Å². The molecule has 92 valence electrons. The van der Waals surface area contributed by atoms with E-state index < -0.39 is 0 Å². The Balaban J connectivity index is 2.09. The summed E-state index contributed by atoms with van der Waals surface area (Å²) in [6, 6.07) is 3.54. The first-order valence-corrected chi connectivity index (χ1v) is 6.55. The lowest BCUT2D eigenvalue weighted by molar-refractivity contribution is 0.0762. The van der Waals surface area contributed by atoms with Gasteiger partial charge in [0.25, 0.3) is 5.91 Å². The Bertz CT molecular complexity index is 410. The number of carbonyl (C=O) groups excluding carboxylic acids is 1. The lowest BCUT2D eigenvalue weighted by atomic mass is 10.2. The molecule has 2 heterocycles. The third kappa shape index (κ3) is 3.26. The van der Waals surface area contributed by atoms with Crippen molar-refractivity contribution in [3.63, 3.8) is 0 Å². The van der Waals surface area contributed by atoms with Crippen molar-refractivity contribution in [1.29, 1.82) is 0 Å². The highest BCUT2D eigenvalue weighted by atomic mass is 79.9. The standard InChI is InChI=1S/C12H16BrN3O/c1-15-5-2-6-16(8-7-15)12(17)10-3-4-14-11(13)9-10/h3-4,9H,2,5-8H2,1H3. The maximum absolute atomic E-state index is 12.3. The molecule has 2 rings (SSSR count). The Morgan fingerprint density at radius 3 is 2.94 bits per heavy atom. The number of amides is 1. The minimum absolute atomic E-state index is 0.100. The van der Waals surface area contributed by atoms with Gasteiger partial charge in [-0.1, -0.05) is 0 Å². The highest BCUT2D eigenvalue weighted by Crippen LogP contribution is 2.12. The quantitative estimate of drug-likeness (QED) is 0.739. The van der Waals surface area contributed by atoms with Gasteiger partial charge < -0.3 is 9.80 Å². The highest BCUT2D eigenvalue weighted by molar-refractivity contribution is 9.10. The molecule has 0 unspecified atom stereocenters. The van der Waals surface area contributed by atoms with Crippen molar-refractivity contribution < 1.29 is 4.79 Å². The van der Waals surface area contributed by atoms with Crippen LogP contribution in [0.4, 0.5) is 0 Å². The second-order valence-electron chi connectivity index (χ2n) is 4.32. The number of nitrogens with zero attached hydrogens (tertiary/aromatic N) is 3. The van der Waals surface area contributed by atoms with E-state index in [-0.39, 0.29) is 5.91 Å². The zero-order chi connectivity index (χ0) is 12.3. The van der Waals surface area contributed by atoms with Crippen molar-refractivity contribution >= 4 is 21.8 Å². The lowest BCUT2D eigenvalue weighted by Crippen LogP contribution is -2.34. The number of carbonyl (C=O) groups is 1. The average Bonchev–Trinajstić information content (AvgIpc) is 2.53. The fourth-order valence-corrected chi connectivity index (χ4v) is 2.33. The fourth-order valence-electron chi connectivity index (χ4n) is 1.97. The van der Waals surface area contributed by atoms with Crippen molar-refractivity contribution in [3.05, 3.63) is 28.5 Å². The molecule has 1 saturated heterocycles. The molecule has 0 aliphatic carbocycles. The van der Waals surface area contributed by atoms with Gasteiger partial charge in [-0.2, -0.15) is 0 Å². The monoisotopic (exact) mass is 297 g/mol. The van der Waals surface area contributed by atoms with Crippen molar-refractivity contribution in [3.8, 4) is 0 Å². The molecule has 4 nitrogen and oxygen atoms in total. The summed E-state index contributed by atoms with van der Waals surface area (Å²) in [5, 5.41) is 0. The van der Waals surface area contributed by atoms with Gasteiger partial charge >= 0.3 is 0 Å². The number of likely N-dealkylation sites (N-methyl/N-ethyl adjacent to an activating group) is 1. The number of pyridine rings is 1. The summed E-state index contributed by atoms with van der Waals surface area (Å²) in [5.74, 6) is 0.100. The first-order valence-electron chi connectivity index (χ1n) is 5.76. The van der Waals surface area contributed by atoms with Crippen LogP contribution in [0, 0.1) is 0 Å². The zero-order valence-corrected chi connectivity index (χ0v) is 11.5. The maximum atomic E-state index is 12.3. The van der Waals surface area contributed by atoms with Crippen LogP contribution in [0.15, 0.2) is 22.9 Å². The first-order chi connectivity index (χ1) is 8.16. The number of halogens is 1. The molecule has 0 N–H and O–H groups in total. The summed E-state index contributed by atoms with van der Waals surface area (Å²) in [5.41, 5.74) is 0.705. The summed E-state index contributed by atoms with van der Waals surface area (Å²) in [6.07, 6.45) is 2.69. The van der Waals surface area contributed by atoms with Gasteiger partial charge in [0.05, 0.1) is 0 Å². The molecule has 1 aliphatic rings. The van der Waals surface area contributed by atoms with Gasteiger partial charge in [-0.25, -0.2) is 4.98 Å². The summed E-state index contributed by atoms with van der Waals surface area (Å²) in [6.45, 7) is 3.64. The van der Waals surface area contributed by atoms with Crippen LogP contribution in [0.3, 0.4) is 0 Å². The predicted molar refractivity (Wildman–Crippen MR) is 70.0 cm³/mol. The normalized spacial score (nSPS) is 17.9. The summed E-state index contributed by atoms with van der Waals surface area (Å²) in [4.78, 5) is 20.5. The van der Waals surface area contributed by atoms with E-state index in [0.717, 1.165) is 32.6 Å². The van der Waals surface area contributed by atoms with Crippen molar-refractivity contribution in [2.75, 3.05) is 33.2 Å². The van der Waals surface area contributed by atoms with E-state index in [1.807, 2.05) is 4.90 Å². The van der Waals surface area contributed by atoms with Crippen LogP contribution < -0.4 is 0 Å². The first kappa shape index (κ1) is 12.5. The van der Waals surface area contributed by atoms with E-state index in [1.165, 1.54) is 0 Å². The number of aromatic nitrogens is 1. The van der Waals surface area contributed by atoms with Crippen molar-refractivity contribution in [2.24, 2.45) is 0 Å². The van der Waals surface area contributed by atoms with Crippen LogP contribution in [0.1, 0.15) is 16.8 Å².